The molecule has 0 radical (unpaired) electrons. The minimum atomic E-state index is -4.17. The van der Waals surface area contributed by atoms with Gasteiger partial charge in [-0.25, -0.2) is 8.42 Å². The van der Waals surface area contributed by atoms with Crippen LogP contribution in [0.3, 0.4) is 0 Å². The van der Waals surface area contributed by atoms with Gasteiger partial charge in [0.25, 0.3) is 10.0 Å². The number of carbonyl (C=O) groups excluding carboxylic acids is 2. The SMILES string of the molecule is CCCNC(=O)C(Cc1ccccc1)N(Cc1ccccc1Cl)C(=O)CN(c1cc(C)cc(C)c1)S(=O)(=O)c1ccc(C)cc1. The van der Waals surface area contributed by atoms with Crippen LogP contribution in [-0.2, 0) is 32.6 Å². The highest BCUT2D eigenvalue weighted by Crippen LogP contribution is 2.28. The molecule has 4 rings (SSSR count). The Morgan fingerprint density at radius 2 is 1.44 bits per heavy atom. The van der Waals surface area contributed by atoms with Gasteiger partial charge in [0.2, 0.25) is 11.8 Å². The standard InChI is InChI=1S/C36H40ClN3O4S/c1-5-19-38-36(42)34(23-29-11-7-6-8-12-29)39(24-30-13-9-10-14-33(30)37)35(41)25-40(31-21-27(3)20-28(4)22-31)45(43,44)32-17-15-26(2)16-18-32/h6-18,20-22,34H,5,19,23-25H2,1-4H3,(H,38,42). The summed E-state index contributed by atoms with van der Waals surface area (Å²) in [5.74, 6) is -0.849. The molecular formula is C36H40ClN3O4S. The number of anilines is 1. The minimum absolute atomic E-state index is 0.0147. The average Bonchev–Trinajstić information content (AvgIpc) is 3.01. The van der Waals surface area contributed by atoms with Gasteiger partial charge in [-0.2, -0.15) is 0 Å². The molecule has 0 heterocycles. The van der Waals surface area contributed by atoms with Crippen LogP contribution in [0.4, 0.5) is 5.69 Å². The minimum Gasteiger partial charge on any atom is -0.354 e. The van der Waals surface area contributed by atoms with Gasteiger partial charge in [-0.05, 0) is 79.8 Å². The van der Waals surface area contributed by atoms with Crippen LogP contribution >= 0.6 is 11.6 Å². The van der Waals surface area contributed by atoms with E-state index >= 15 is 0 Å². The fourth-order valence-electron chi connectivity index (χ4n) is 5.19. The van der Waals surface area contributed by atoms with E-state index in [1.54, 1.807) is 54.6 Å². The fourth-order valence-corrected chi connectivity index (χ4v) is 6.78. The van der Waals surface area contributed by atoms with E-state index in [1.807, 2.05) is 70.2 Å². The molecule has 4 aromatic rings. The molecule has 0 spiro atoms. The van der Waals surface area contributed by atoms with Crippen LogP contribution in [0.1, 0.15) is 41.2 Å². The number of hydrogen-bond acceptors (Lipinski definition) is 4. The van der Waals surface area contributed by atoms with Crippen LogP contribution in [0.25, 0.3) is 0 Å². The maximum Gasteiger partial charge on any atom is 0.264 e. The van der Waals surface area contributed by atoms with Crippen molar-refractivity contribution in [1.82, 2.24) is 10.2 Å². The molecule has 1 atom stereocenters. The molecule has 0 aliphatic heterocycles. The maximum atomic E-state index is 14.6. The predicted molar refractivity (Wildman–Crippen MR) is 181 cm³/mol. The first-order valence-electron chi connectivity index (χ1n) is 15.0. The summed E-state index contributed by atoms with van der Waals surface area (Å²) in [6, 6.07) is 27.7. The summed E-state index contributed by atoms with van der Waals surface area (Å²) >= 11 is 6.56. The van der Waals surface area contributed by atoms with Crippen molar-refractivity contribution in [2.75, 3.05) is 17.4 Å². The van der Waals surface area contributed by atoms with E-state index in [2.05, 4.69) is 5.32 Å². The number of benzene rings is 4. The fraction of sp³-hybridized carbons (Fsp3) is 0.278. The van der Waals surface area contributed by atoms with Crippen molar-refractivity contribution in [3.63, 3.8) is 0 Å². The molecule has 0 fully saturated rings. The summed E-state index contributed by atoms with van der Waals surface area (Å²) in [4.78, 5) is 29.8. The topological polar surface area (TPSA) is 86.8 Å². The second-order valence-corrected chi connectivity index (χ2v) is 13.5. The lowest BCUT2D eigenvalue weighted by Crippen LogP contribution is -2.53. The number of aryl methyl sites for hydroxylation is 3. The molecule has 4 aromatic carbocycles. The summed E-state index contributed by atoms with van der Waals surface area (Å²) in [5.41, 5.74) is 4.51. The van der Waals surface area contributed by atoms with Crippen molar-refractivity contribution < 1.29 is 18.0 Å². The van der Waals surface area contributed by atoms with E-state index in [4.69, 9.17) is 11.6 Å². The van der Waals surface area contributed by atoms with Crippen molar-refractivity contribution in [1.29, 1.82) is 0 Å². The molecule has 1 N–H and O–H groups in total. The van der Waals surface area contributed by atoms with E-state index in [0.29, 0.717) is 22.8 Å². The van der Waals surface area contributed by atoms with Crippen molar-refractivity contribution in [2.45, 2.75) is 58.0 Å². The smallest absolute Gasteiger partial charge is 0.264 e. The van der Waals surface area contributed by atoms with Crippen LogP contribution in [0.2, 0.25) is 5.02 Å². The Morgan fingerprint density at radius 1 is 0.822 bits per heavy atom. The molecule has 45 heavy (non-hydrogen) atoms. The predicted octanol–water partition coefficient (Wildman–Crippen LogP) is 6.63. The zero-order valence-corrected chi connectivity index (χ0v) is 27.7. The molecule has 0 saturated heterocycles. The molecule has 0 saturated carbocycles. The van der Waals surface area contributed by atoms with Crippen LogP contribution in [0, 0.1) is 20.8 Å². The lowest BCUT2D eigenvalue weighted by atomic mass is 10.0. The van der Waals surface area contributed by atoms with Gasteiger partial charge in [0.05, 0.1) is 10.6 Å². The second-order valence-electron chi connectivity index (χ2n) is 11.3. The summed E-state index contributed by atoms with van der Waals surface area (Å²) in [6.45, 7) is 7.53. The first-order chi connectivity index (χ1) is 21.5. The summed E-state index contributed by atoms with van der Waals surface area (Å²) in [6.07, 6.45) is 0.957. The van der Waals surface area contributed by atoms with E-state index in [1.165, 1.54) is 4.90 Å². The number of nitrogens with one attached hydrogen (secondary N) is 1. The molecule has 7 nitrogen and oxygen atoms in total. The molecule has 2 amide bonds. The number of amides is 2. The second kappa shape index (κ2) is 15.2. The largest absolute Gasteiger partial charge is 0.354 e. The first kappa shape index (κ1) is 33.7. The molecule has 1 unspecified atom stereocenters. The van der Waals surface area contributed by atoms with Crippen LogP contribution < -0.4 is 9.62 Å². The summed E-state index contributed by atoms with van der Waals surface area (Å²) < 4.78 is 29.6. The van der Waals surface area contributed by atoms with Crippen molar-refractivity contribution >= 4 is 39.1 Å². The Hall–Kier alpha value is -4.14. The van der Waals surface area contributed by atoms with E-state index in [9.17, 15) is 18.0 Å². The Bertz CT molecular complexity index is 1710. The first-order valence-corrected chi connectivity index (χ1v) is 16.8. The highest BCUT2D eigenvalue weighted by atomic mass is 35.5. The van der Waals surface area contributed by atoms with Crippen LogP contribution in [-0.4, -0.2) is 44.3 Å². The van der Waals surface area contributed by atoms with Crippen LogP contribution in [0.5, 0.6) is 0 Å². The maximum absolute atomic E-state index is 14.6. The lowest BCUT2D eigenvalue weighted by Gasteiger charge is -2.34. The molecule has 0 aliphatic rings. The van der Waals surface area contributed by atoms with E-state index in [0.717, 1.165) is 33.0 Å². The number of carbonyl (C=O) groups is 2. The number of halogens is 1. The van der Waals surface area contributed by atoms with Gasteiger partial charge < -0.3 is 10.2 Å². The summed E-state index contributed by atoms with van der Waals surface area (Å²) in [5, 5.41) is 3.40. The number of nitrogens with zero attached hydrogens (tertiary/aromatic N) is 2. The molecule has 0 aromatic heterocycles. The Morgan fingerprint density at radius 3 is 2.07 bits per heavy atom. The summed E-state index contributed by atoms with van der Waals surface area (Å²) in [7, 11) is -4.17. The third-order valence-electron chi connectivity index (χ3n) is 7.50. The van der Waals surface area contributed by atoms with Crippen molar-refractivity contribution in [3.05, 3.63) is 130 Å². The lowest BCUT2D eigenvalue weighted by molar-refractivity contribution is -0.140. The van der Waals surface area contributed by atoms with Gasteiger partial charge in [0.15, 0.2) is 0 Å². The third-order valence-corrected chi connectivity index (χ3v) is 9.66. The van der Waals surface area contributed by atoms with Crippen LogP contribution in [0.15, 0.2) is 102 Å². The van der Waals surface area contributed by atoms with Gasteiger partial charge >= 0.3 is 0 Å². The molecule has 0 bridgehead atoms. The Balaban J connectivity index is 1.83. The van der Waals surface area contributed by atoms with Gasteiger partial charge in [-0.3, -0.25) is 13.9 Å². The highest BCUT2D eigenvalue weighted by Gasteiger charge is 2.35. The van der Waals surface area contributed by atoms with Crippen molar-refractivity contribution in [2.24, 2.45) is 0 Å². The molecular weight excluding hydrogens is 606 g/mol. The quantitative estimate of drug-likeness (QED) is 0.177. The third kappa shape index (κ3) is 8.74. The average molecular weight is 646 g/mol. The Kier molecular flexibility index (Phi) is 11.4. The normalized spacial score (nSPS) is 11.9. The van der Waals surface area contributed by atoms with Gasteiger partial charge in [0.1, 0.15) is 12.6 Å². The monoisotopic (exact) mass is 645 g/mol. The number of sulfonamides is 1. The number of rotatable bonds is 13. The zero-order chi connectivity index (χ0) is 32.6. The number of hydrogen-bond donors (Lipinski definition) is 1. The molecule has 9 heteroatoms. The Labute approximate surface area is 271 Å². The molecule has 0 aliphatic carbocycles. The van der Waals surface area contributed by atoms with E-state index < -0.39 is 28.5 Å². The van der Waals surface area contributed by atoms with E-state index in [-0.39, 0.29) is 23.8 Å². The van der Waals surface area contributed by atoms with Gasteiger partial charge in [-0.15, -0.1) is 0 Å². The highest BCUT2D eigenvalue weighted by molar-refractivity contribution is 7.92. The van der Waals surface area contributed by atoms with Gasteiger partial charge in [0, 0.05) is 24.5 Å². The van der Waals surface area contributed by atoms with Gasteiger partial charge in [-0.1, -0.05) is 90.8 Å². The molecule has 236 valence electrons. The van der Waals surface area contributed by atoms with Crippen molar-refractivity contribution in [3.8, 4) is 0 Å². The zero-order valence-electron chi connectivity index (χ0n) is 26.2.